The summed E-state index contributed by atoms with van der Waals surface area (Å²) in [6, 6.07) is 34.3. The van der Waals surface area contributed by atoms with E-state index in [4.69, 9.17) is 0 Å². The molecular formula is C34H34ClCuI3N8. The first kappa shape index (κ1) is 48.4. The van der Waals surface area contributed by atoms with Crippen molar-refractivity contribution in [2.24, 2.45) is 0 Å². The van der Waals surface area contributed by atoms with E-state index in [1.807, 2.05) is 109 Å². The molecule has 7 heterocycles. The maximum Gasteiger partial charge on any atom is 2.00 e. The molecule has 7 aromatic heterocycles. The van der Waals surface area contributed by atoms with Gasteiger partial charge in [-0.05, 0) is 72.8 Å². The summed E-state index contributed by atoms with van der Waals surface area (Å²) in [4.78, 5) is 30.2. The summed E-state index contributed by atoms with van der Waals surface area (Å²) in [6.45, 7) is 0. The van der Waals surface area contributed by atoms with Crippen LogP contribution in [0.15, 0.2) is 208 Å². The van der Waals surface area contributed by atoms with Crippen LogP contribution in [0.1, 0.15) is 0 Å². The molecule has 7 rings (SSSR count). The second-order valence-electron chi connectivity index (χ2n) is 7.10. The minimum Gasteiger partial charge on any atom is -1.00 e. The zero-order valence-electron chi connectivity index (χ0n) is 25.0. The summed E-state index contributed by atoms with van der Waals surface area (Å²) in [6.07, 6.45) is 27.6. The fraction of sp³-hybridized carbons (Fsp3) is 0. The molecule has 13 heteroatoms. The third-order valence-electron chi connectivity index (χ3n) is 3.88. The van der Waals surface area contributed by atoms with Crippen molar-refractivity contribution in [3.63, 3.8) is 0 Å². The first-order chi connectivity index (χ1) is 22.4. The largest absolute Gasteiger partial charge is 2.00 e. The van der Waals surface area contributed by atoms with Gasteiger partial charge in [-0.1, -0.05) is 36.4 Å². The van der Waals surface area contributed by atoms with Crippen LogP contribution >= 0.6 is 37.2 Å². The molecule has 0 aliphatic rings. The van der Waals surface area contributed by atoms with Gasteiger partial charge < -0.3 is 12.4 Å². The van der Waals surface area contributed by atoms with Crippen LogP contribution in [0.25, 0.3) is 0 Å². The van der Waals surface area contributed by atoms with E-state index in [-0.39, 0.29) is 29.5 Å². The molecule has 8 nitrogen and oxygen atoms in total. The number of rotatable bonds is 0. The SMILES string of the molecule is I[I-]I.[Cl-].[Cu+2].c1ccncc1.c1ccncc1.c1ccncc1.c1ccncc1.c1ccncc1.c1ccncc1.c1cnccn1. The van der Waals surface area contributed by atoms with Crippen molar-refractivity contribution in [2.45, 2.75) is 0 Å². The second kappa shape index (κ2) is 47.4. The third-order valence-corrected chi connectivity index (χ3v) is 3.88. The molecule has 0 aromatic carbocycles. The van der Waals surface area contributed by atoms with Crippen LogP contribution in [0.5, 0.6) is 0 Å². The molecule has 0 N–H and O–H groups in total. The van der Waals surface area contributed by atoms with Crippen LogP contribution in [-0.2, 0) is 17.1 Å². The van der Waals surface area contributed by atoms with Crippen LogP contribution < -0.4 is 25.7 Å². The fourth-order valence-electron chi connectivity index (χ4n) is 2.13. The molecule has 0 aliphatic heterocycles. The molecule has 249 valence electrons. The molecule has 0 unspecified atom stereocenters. The van der Waals surface area contributed by atoms with E-state index in [0.29, 0.717) is 13.3 Å². The predicted molar refractivity (Wildman–Crippen MR) is 195 cm³/mol. The molecule has 0 saturated carbocycles. The quantitative estimate of drug-likeness (QED) is 0.169. The van der Waals surface area contributed by atoms with Crippen LogP contribution in [0.2, 0.25) is 0 Å². The van der Waals surface area contributed by atoms with Crippen molar-refractivity contribution in [3.05, 3.63) is 208 Å². The van der Waals surface area contributed by atoms with Gasteiger partial charge in [0, 0.05) is 99.1 Å². The predicted octanol–water partition coefficient (Wildman–Crippen LogP) is 2.74. The average molecular weight is 1030 g/mol. The minimum atomic E-state index is 0. The summed E-state index contributed by atoms with van der Waals surface area (Å²) in [5.74, 6) is 0. The smallest absolute Gasteiger partial charge is 1.00 e. The average Bonchev–Trinajstić information content (AvgIpc) is 3.18. The number of aromatic nitrogens is 8. The van der Waals surface area contributed by atoms with Gasteiger partial charge in [-0.25, -0.2) is 0 Å². The molecule has 7 aromatic rings. The molecule has 0 bridgehead atoms. The zero-order chi connectivity index (χ0) is 32.4. The van der Waals surface area contributed by atoms with Gasteiger partial charge in [0.2, 0.25) is 0 Å². The van der Waals surface area contributed by atoms with Crippen molar-refractivity contribution in [1.82, 2.24) is 39.9 Å². The van der Waals surface area contributed by atoms with Gasteiger partial charge in [0.25, 0.3) is 0 Å². The van der Waals surface area contributed by atoms with E-state index in [2.05, 4.69) is 77.1 Å². The van der Waals surface area contributed by atoms with E-state index in [9.17, 15) is 0 Å². The van der Waals surface area contributed by atoms with E-state index >= 15 is 0 Å². The normalized spacial score (nSPS) is 7.62. The molecule has 0 saturated heterocycles. The van der Waals surface area contributed by atoms with Gasteiger partial charge in [0.05, 0.1) is 0 Å². The Hall–Kier alpha value is -3.02. The van der Waals surface area contributed by atoms with Crippen LogP contribution in [-0.4, -0.2) is 39.9 Å². The Balaban J connectivity index is -0.000000471. The molecule has 0 amide bonds. The Labute approximate surface area is 324 Å². The second-order valence-corrected chi connectivity index (χ2v) is 23.3. The van der Waals surface area contributed by atoms with Gasteiger partial charge >= 0.3 is 67.6 Å². The number of nitrogens with zero attached hydrogens (tertiary/aromatic N) is 8. The van der Waals surface area contributed by atoms with Gasteiger partial charge in [0.15, 0.2) is 0 Å². The van der Waals surface area contributed by atoms with E-state index < -0.39 is 0 Å². The first-order valence-electron chi connectivity index (χ1n) is 13.1. The first-order valence-corrected chi connectivity index (χ1v) is 25.7. The van der Waals surface area contributed by atoms with Gasteiger partial charge in [-0.15, -0.1) is 0 Å². The standard InChI is InChI=1S/6C5H5N.C4H4N2.ClH.Cu.I3/c6*1-2-4-6-5-3-1;1-2-6-4-3-5-1;;;1-3-2/h6*1-5H;1-4H;1H;;/q;;;;;;;;+2;-1/p-1. The number of hydrogen-bond donors (Lipinski definition) is 0. The molecule has 1 radical (unpaired) electrons. The number of pyridine rings is 6. The molecule has 0 atom stereocenters. The molecular weight excluding hydrogens is 1000 g/mol. The number of halogens is 4. The topological polar surface area (TPSA) is 103 Å². The van der Waals surface area contributed by atoms with Gasteiger partial charge in [-0.2, -0.15) is 0 Å². The Morgan fingerprint density at radius 1 is 0.234 bits per heavy atom. The van der Waals surface area contributed by atoms with Crippen LogP contribution in [0.4, 0.5) is 0 Å². The van der Waals surface area contributed by atoms with Crippen molar-refractivity contribution in [1.29, 1.82) is 0 Å². The maximum absolute atomic E-state index is 3.78. The molecule has 0 aliphatic carbocycles. The Morgan fingerprint density at radius 2 is 0.340 bits per heavy atom. The van der Waals surface area contributed by atoms with Crippen molar-refractivity contribution >= 4 is 37.2 Å². The Bertz CT molecular complexity index is 889. The summed E-state index contributed by atoms with van der Waals surface area (Å²) < 4.78 is 0. The van der Waals surface area contributed by atoms with Crippen LogP contribution in [0.3, 0.4) is 0 Å². The Kier molecular flexibility index (Phi) is 48.8. The Morgan fingerprint density at radius 3 is 0.383 bits per heavy atom. The summed E-state index contributed by atoms with van der Waals surface area (Å²) in [7, 11) is 0. The fourth-order valence-corrected chi connectivity index (χ4v) is 2.13. The van der Waals surface area contributed by atoms with E-state index in [1.165, 1.54) is 0 Å². The molecule has 47 heavy (non-hydrogen) atoms. The summed E-state index contributed by atoms with van der Waals surface area (Å²) >= 11 is 5.30. The monoisotopic (exact) mass is 1030 g/mol. The minimum absolute atomic E-state index is 0. The van der Waals surface area contributed by atoms with E-state index in [1.54, 1.807) is 99.1 Å². The summed E-state index contributed by atoms with van der Waals surface area (Å²) in [5.41, 5.74) is 0. The zero-order valence-corrected chi connectivity index (χ0v) is 33.2. The third kappa shape index (κ3) is 47.5. The molecule has 0 fully saturated rings. The van der Waals surface area contributed by atoms with Crippen LogP contribution in [0, 0.1) is 0 Å². The van der Waals surface area contributed by atoms with Crippen molar-refractivity contribution in [2.75, 3.05) is 0 Å². The maximum atomic E-state index is 3.78. The van der Waals surface area contributed by atoms with E-state index in [0.717, 1.165) is 0 Å². The van der Waals surface area contributed by atoms with Gasteiger partial charge in [-0.3, -0.25) is 39.9 Å². The van der Waals surface area contributed by atoms with Gasteiger partial charge in [0.1, 0.15) is 0 Å². The van der Waals surface area contributed by atoms with Crippen molar-refractivity contribution in [3.8, 4) is 0 Å². The molecule has 0 spiro atoms. The summed E-state index contributed by atoms with van der Waals surface area (Å²) in [5, 5.41) is 0. The number of hydrogen-bond acceptors (Lipinski definition) is 8. The van der Waals surface area contributed by atoms with Crippen molar-refractivity contribution < 1.29 is 42.7 Å².